The Morgan fingerprint density at radius 2 is 2.04 bits per heavy atom. The molecule has 0 fully saturated rings. The number of nitrogens with zero attached hydrogens (tertiary/aromatic N) is 1. The van der Waals surface area contributed by atoms with Crippen molar-refractivity contribution in [2.45, 2.75) is 19.3 Å². The molecule has 24 heavy (non-hydrogen) atoms. The van der Waals surface area contributed by atoms with Gasteiger partial charge >= 0.3 is 0 Å². The van der Waals surface area contributed by atoms with Gasteiger partial charge in [-0.2, -0.15) is 0 Å². The van der Waals surface area contributed by atoms with E-state index in [9.17, 15) is 8.78 Å². The Morgan fingerprint density at radius 3 is 2.71 bits per heavy atom. The van der Waals surface area contributed by atoms with Crippen molar-refractivity contribution in [2.24, 2.45) is 5.73 Å². The number of aromatic nitrogens is 2. The monoisotopic (exact) mass is 331 g/mol. The summed E-state index contributed by atoms with van der Waals surface area (Å²) in [6.07, 6.45) is 4.04. The first kappa shape index (κ1) is 16.4. The Balaban J connectivity index is 2.13. The fourth-order valence-electron chi connectivity index (χ4n) is 2.87. The SMILES string of the molecule is COc1ccc(-c2[nH]c3c(F)cc(F)cc3c2CCCCN)cn1. The lowest BCUT2D eigenvalue weighted by Gasteiger charge is -2.06. The quantitative estimate of drug-likeness (QED) is 0.675. The fraction of sp³-hybridized carbons (Fsp3) is 0.278. The van der Waals surface area contributed by atoms with Gasteiger partial charge in [-0.3, -0.25) is 0 Å². The normalized spacial score (nSPS) is 11.2. The van der Waals surface area contributed by atoms with E-state index in [-0.39, 0.29) is 0 Å². The van der Waals surface area contributed by atoms with Gasteiger partial charge in [-0.15, -0.1) is 0 Å². The van der Waals surface area contributed by atoms with E-state index in [4.69, 9.17) is 10.5 Å². The minimum atomic E-state index is -0.599. The number of fused-ring (bicyclic) bond motifs is 1. The zero-order valence-electron chi connectivity index (χ0n) is 13.4. The smallest absolute Gasteiger partial charge is 0.212 e. The molecule has 0 aliphatic carbocycles. The van der Waals surface area contributed by atoms with E-state index in [1.807, 2.05) is 6.07 Å². The number of pyridine rings is 1. The molecular formula is C18H19F2N3O. The van der Waals surface area contributed by atoms with Crippen molar-refractivity contribution in [1.82, 2.24) is 9.97 Å². The molecule has 0 radical (unpaired) electrons. The first-order chi connectivity index (χ1) is 11.6. The van der Waals surface area contributed by atoms with E-state index in [0.717, 1.165) is 35.7 Å². The number of nitrogens with one attached hydrogen (secondary N) is 1. The van der Waals surface area contributed by atoms with Gasteiger partial charge in [0.1, 0.15) is 11.6 Å². The molecule has 1 aromatic carbocycles. The van der Waals surface area contributed by atoms with Gasteiger partial charge in [-0.25, -0.2) is 13.8 Å². The number of benzene rings is 1. The van der Waals surface area contributed by atoms with Crippen molar-refractivity contribution >= 4 is 10.9 Å². The molecule has 126 valence electrons. The van der Waals surface area contributed by atoms with Gasteiger partial charge < -0.3 is 15.5 Å². The van der Waals surface area contributed by atoms with Gasteiger partial charge in [0.2, 0.25) is 5.88 Å². The van der Waals surface area contributed by atoms with Crippen LogP contribution in [-0.2, 0) is 6.42 Å². The Bertz CT molecular complexity index is 844. The molecule has 4 nitrogen and oxygen atoms in total. The second-order valence-corrected chi connectivity index (χ2v) is 5.62. The number of ether oxygens (including phenoxy) is 1. The number of H-pyrrole nitrogens is 1. The highest BCUT2D eigenvalue weighted by molar-refractivity contribution is 5.91. The average Bonchev–Trinajstić information content (AvgIpc) is 2.94. The first-order valence-corrected chi connectivity index (χ1v) is 7.84. The summed E-state index contributed by atoms with van der Waals surface area (Å²) < 4.78 is 32.9. The molecule has 0 aliphatic rings. The van der Waals surface area contributed by atoms with Crippen LogP contribution in [0.5, 0.6) is 5.88 Å². The lowest BCUT2D eigenvalue weighted by atomic mass is 10.0. The molecule has 3 N–H and O–H groups in total. The van der Waals surface area contributed by atoms with Crippen molar-refractivity contribution in [3.8, 4) is 17.1 Å². The van der Waals surface area contributed by atoms with Gasteiger partial charge in [0.25, 0.3) is 0 Å². The largest absolute Gasteiger partial charge is 0.481 e. The number of aryl methyl sites for hydroxylation is 1. The summed E-state index contributed by atoms with van der Waals surface area (Å²) in [6, 6.07) is 5.84. The summed E-state index contributed by atoms with van der Waals surface area (Å²) in [5, 5.41) is 0.565. The third-order valence-electron chi connectivity index (χ3n) is 4.05. The highest BCUT2D eigenvalue weighted by Crippen LogP contribution is 2.33. The van der Waals surface area contributed by atoms with Crippen LogP contribution in [-0.4, -0.2) is 23.6 Å². The Kier molecular flexibility index (Phi) is 4.76. The van der Waals surface area contributed by atoms with E-state index in [0.29, 0.717) is 29.7 Å². The maximum absolute atomic E-state index is 14.1. The molecule has 0 spiro atoms. The van der Waals surface area contributed by atoms with Gasteiger partial charge in [0.05, 0.1) is 18.3 Å². The minimum absolute atomic E-state index is 0.310. The molecule has 0 bridgehead atoms. The summed E-state index contributed by atoms with van der Waals surface area (Å²) in [6.45, 7) is 0.588. The number of halogens is 2. The average molecular weight is 331 g/mol. The Morgan fingerprint density at radius 1 is 1.21 bits per heavy atom. The standard InChI is InChI=1S/C18H19F2N3O/c1-24-16-6-5-11(10-22-16)17-13(4-2-3-7-21)14-8-12(19)9-15(20)18(14)23-17/h5-6,8-10,23H,2-4,7,21H2,1H3. The molecule has 0 saturated carbocycles. The van der Waals surface area contributed by atoms with E-state index in [2.05, 4.69) is 9.97 Å². The second-order valence-electron chi connectivity index (χ2n) is 5.62. The van der Waals surface area contributed by atoms with Crippen LogP contribution in [0.3, 0.4) is 0 Å². The Hall–Kier alpha value is -2.47. The van der Waals surface area contributed by atoms with E-state index in [1.165, 1.54) is 6.07 Å². The zero-order chi connectivity index (χ0) is 17.1. The molecule has 0 saturated heterocycles. The van der Waals surface area contributed by atoms with Crippen molar-refractivity contribution in [3.05, 3.63) is 47.7 Å². The fourth-order valence-corrected chi connectivity index (χ4v) is 2.87. The van der Waals surface area contributed by atoms with E-state index in [1.54, 1.807) is 19.4 Å². The Labute approximate surface area is 138 Å². The van der Waals surface area contributed by atoms with Gasteiger partial charge in [0.15, 0.2) is 0 Å². The highest BCUT2D eigenvalue weighted by Gasteiger charge is 2.17. The van der Waals surface area contributed by atoms with Crippen LogP contribution in [0.4, 0.5) is 8.78 Å². The molecule has 0 aliphatic heterocycles. The summed E-state index contributed by atoms with van der Waals surface area (Å²) >= 11 is 0. The van der Waals surface area contributed by atoms with E-state index < -0.39 is 11.6 Å². The maximum atomic E-state index is 14.1. The minimum Gasteiger partial charge on any atom is -0.481 e. The van der Waals surface area contributed by atoms with Crippen LogP contribution in [0.15, 0.2) is 30.5 Å². The predicted molar refractivity (Wildman–Crippen MR) is 90.0 cm³/mol. The van der Waals surface area contributed by atoms with Gasteiger partial charge in [0, 0.05) is 29.3 Å². The van der Waals surface area contributed by atoms with Crippen molar-refractivity contribution < 1.29 is 13.5 Å². The molecule has 2 aromatic heterocycles. The van der Waals surface area contributed by atoms with Crippen LogP contribution in [0.25, 0.3) is 22.2 Å². The van der Waals surface area contributed by atoms with Crippen LogP contribution in [0, 0.1) is 11.6 Å². The molecule has 3 rings (SSSR count). The zero-order valence-corrected chi connectivity index (χ0v) is 13.4. The van der Waals surface area contributed by atoms with Crippen LogP contribution >= 0.6 is 0 Å². The first-order valence-electron chi connectivity index (χ1n) is 7.84. The highest BCUT2D eigenvalue weighted by atomic mass is 19.1. The molecule has 6 heteroatoms. The van der Waals surface area contributed by atoms with Gasteiger partial charge in [-0.1, -0.05) is 0 Å². The van der Waals surface area contributed by atoms with Crippen molar-refractivity contribution in [1.29, 1.82) is 0 Å². The lowest BCUT2D eigenvalue weighted by Crippen LogP contribution is -1.99. The topological polar surface area (TPSA) is 63.9 Å². The number of hydrogen-bond donors (Lipinski definition) is 2. The van der Waals surface area contributed by atoms with Gasteiger partial charge in [-0.05, 0) is 43.5 Å². The summed E-state index contributed by atoms with van der Waals surface area (Å²) in [5.41, 5.74) is 8.30. The number of hydrogen-bond acceptors (Lipinski definition) is 3. The van der Waals surface area contributed by atoms with Crippen LogP contribution in [0.1, 0.15) is 18.4 Å². The number of aromatic amines is 1. The molecular weight excluding hydrogens is 312 g/mol. The van der Waals surface area contributed by atoms with Crippen LogP contribution < -0.4 is 10.5 Å². The molecule has 0 atom stereocenters. The van der Waals surface area contributed by atoms with E-state index >= 15 is 0 Å². The second kappa shape index (κ2) is 6.97. The third-order valence-corrected chi connectivity index (χ3v) is 4.05. The third kappa shape index (κ3) is 3.10. The predicted octanol–water partition coefficient (Wildman–Crippen LogP) is 3.80. The number of rotatable bonds is 6. The molecule has 3 aromatic rings. The molecule has 0 unspecified atom stereocenters. The van der Waals surface area contributed by atoms with Crippen LogP contribution in [0.2, 0.25) is 0 Å². The van der Waals surface area contributed by atoms with Crippen molar-refractivity contribution in [3.63, 3.8) is 0 Å². The maximum Gasteiger partial charge on any atom is 0.212 e. The summed E-state index contributed by atoms with van der Waals surface area (Å²) in [4.78, 5) is 7.28. The summed E-state index contributed by atoms with van der Waals surface area (Å²) in [7, 11) is 1.54. The molecule has 0 amide bonds. The number of unbranched alkanes of at least 4 members (excludes halogenated alkanes) is 1. The van der Waals surface area contributed by atoms with Crippen molar-refractivity contribution in [2.75, 3.05) is 13.7 Å². The number of methoxy groups -OCH3 is 1. The lowest BCUT2D eigenvalue weighted by molar-refractivity contribution is 0.398. The summed E-state index contributed by atoms with van der Waals surface area (Å²) in [5.74, 6) is -0.687. The number of nitrogens with two attached hydrogens (primary N) is 1. The molecule has 2 heterocycles.